The average Bonchev–Trinajstić information content (AvgIpc) is 0.918. The second-order valence-electron chi connectivity index (χ2n) is 0.141. The van der Waals surface area contributed by atoms with Gasteiger partial charge in [-0.15, -0.1) is 0 Å². The maximum Gasteiger partial charge on any atom is 0.432 e. The summed E-state index contributed by atoms with van der Waals surface area (Å²) in [6.45, 7) is 0. The summed E-state index contributed by atoms with van der Waals surface area (Å²) in [6, 6.07) is 0. The first-order valence-electron chi connectivity index (χ1n) is 0.632. The van der Waals surface area contributed by atoms with Crippen molar-refractivity contribution in [1.29, 1.82) is 0 Å². The smallest absolute Gasteiger partial charge is 0.430 e. The molecule has 0 radical (unpaired) electrons. The maximum atomic E-state index is 7.12. The summed E-state index contributed by atoms with van der Waals surface area (Å²) >= 11 is 0. The van der Waals surface area contributed by atoms with E-state index in [1.165, 1.54) is 0 Å². The van der Waals surface area contributed by atoms with Gasteiger partial charge in [0.25, 0.3) is 0 Å². The molecule has 0 saturated carbocycles. The maximum absolute atomic E-state index is 7.12. The third-order valence-corrected chi connectivity index (χ3v) is 0. The second-order valence-corrected chi connectivity index (χ2v) is 0.141. The molecule has 2 nitrogen and oxygen atoms in total. The molecule has 0 rings (SSSR count). The van der Waals surface area contributed by atoms with Crippen LogP contribution < -0.4 is 0 Å². The van der Waals surface area contributed by atoms with Gasteiger partial charge < -0.3 is 10.0 Å². The Kier molecular flexibility index (Phi) is 22.0. The Labute approximate surface area is 28.8 Å². The van der Waals surface area contributed by atoms with Gasteiger partial charge in [-0.2, -0.15) is 9.90 Å². The minimum absolute atomic E-state index is 0. The average molecular weight is 79.8 g/mol. The zero-order valence-corrected chi connectivity index (χ0v) is 3.72. The van der Waals surface area contributed by atoms with E-state index >= 15 is 0 Å². The van der Waals surface area contributed by atoms with Crippen LogP contribution in [0.4, 0.5) is 0 Å². The van der Waals surface area contributed by atoms with Gasteiger partial charge in [0.2, 0.25) is 0 Å². The minimum Gasteiger partial charge on any atom is -0.430 e. The number of rotatable bonds is 0. The predicted molar refractivity (Wildman–Crippen MR) is 22.7 cm³/mol. The predicted octanol–water partition coefficient (Wildman–Crippen LogP) is -1.70. The first-order chi connectivity index (χ1) is 1.41. The van der Waals surface area contributed by atoms with Crippen molar-refractivity contribution in [3.63, 3.8) is 0 Å². The molecule has 2 N–H and O–H groups in total. The van der Waals surface area contributed by atoms with Gasteiger partial charge in [-0.1, -0.05) is 0 Å². The Hall–Kier alpha value is 0.415. The Bertz CT molecular complexity index is 6.00. The van der Waals surface area contributed by atoms with E-state index in [1.54, 1.807) is 0 Å². The lowest BCUT2D eigenvalue weighted by Crippen LogP contribution is -1.75. The van der Waals surface area contributed by atoms with E-state index in [-0.39, 0.29) is 9.90 Å². The molecule has 0 saturated heterocycles. The van der Waals surface area contributed by atoms with E-state index in [0.29, 0.717) is 0 Å². The van der Waals surface area contributed by atoms with Gasteiger partial charge in [0.05, 0.1) is 0 Å². The molecule has 0 fully saturated rings. The molecule has 4 heavy (non-hydrogen) atoms. The Balaban J connectivity index is 0. The molecule has 0 aromatic heterocycles. The summed E-state index contributed by atoms with van der Waals surface area (Å²) in [7, 11) is -0.750. The highest BCUT2D eigenvalue weighted by Gasteiger charge is 1.48. The minimum atomic E-state index is -0.750. The largest absolute Gasteiger partial charge is 0.432 e. The van der Waals surface area contributed by atoms with Crippen molar-refractivity contribution in [2.75, 3.05) is 0 Å². The highest BCUT2D eigenvalue weighted by Crippen LogP contribution is 1.08. The fourth-order valence-electron chi connectivity index (χ4n) is 0. The van der Waals surface area contributed by atoms with E-state index < -0.39 is 7.69 Å². The molecular formula is H6BO2P. The van der Waals surface area contributed by atoms with Crippen molar-refractivity contribution < 1.29 is 10.0 Å². The first-order valence-corrected chi connectivity index (χ1v) is 0.632. The topological polar surface area (TPSA) is 40.5 Å². The quantitative estimate of drug-likeness (QED) is 0.269. The molecule has 26 valence electrons. The normalized spacial score (nSPS) is 3.50. The van der Waals surface area contributed by atoms with E-state index in [2.05, 4.69) is 0 Å². The van der Waals surface area contributed by atoms with Crippen molar-refractivity contribution in [1.82, 2.24) is 0 Å². The van der Waals surface area contributed by atoms with Crippen molar-refractivity contribution in [2.45, 2.75) is 0 Å². The van der Waals surface area contributed by atoms with Crippen LogP contribution in [0.25, 0.3) is 0 Å². The van der Waals surface area contributed by atoms with Crippen LogP contribution >= 0.6 is 9.90 Å². The molecule has 0 aromatic carbocycles. The lowest BCUT2D eigenvalue weighted by atomic mass is 10.5. The van der Waals surface area contributed by atoms with Crippen molar-refractivity contribution in [3.8, 4) is 0 Å². The Morgan fingerprint density at radius 3 is 1.25 bits per heavy atom. The van der Waals surface area contributed by atoms with Crippen LogP contribution in [0.3, 0.4) is 0 Å². The summed E-state index contributed by atoms with van der Waals surface area (Å²) in [5, 5.41) is 14.2. The summed E-state index contributed by atoms with van der Waals surface area (Å²) in [4.78, 5) is 0. The van der Waals surface area contributed by atoms with Crippen LogP contribution in [0.15, 0.2) is 0 Å². The van der Waals surface area contributed by atoms with E-state index in [9.17, 15) is 0 Å². The lowest BCUT2D eigenvalue weighted by Gasteiger charge is -1.48. The SMILES string of the molecule is OBO.P. The fraction of sp³-hybridized carbons (Fsp3) is 0. The van der Waals surface area contributed by atoms with Crippen molar-refractivity contribution in [3.05, 3.63) is 0 Å². The monoisotopic (exact) mass is 80.0 g/mol. The van der Waals surface area contributed by atoms with Crippen molar-refractivity contribution >= 4 is 17.6 Å². The summed E-state index contributed by atoms with van der Waals surface area (Å²) in [5.41, 5.74) is 0. The van der Waals surface area contributed by atoms with Gasteiger partial charge in [0, 0.05) is 0 Å². The standard InChI is InChI=1S/BH3O2.H3P/c2-1-3;/h1-3H;1H3. The molecule has 0 aliphatic heterocycles. The van der Waals surface area contributed by atoms with Crippen LogP contribution in [0, 0.1) is 0 Å². The number of hydrogen-bond donors (Lipinski definition) is 2. The lowest BCUT2D eigenvalue weighted by molar-refractivity contribution is 0.448. The van der Waals surface area contributed by atoms with Crippen LogP contribution in [0.5, 0.6) is 0 Å². The molecule has 4 heteroatoms. The van der Waals surface area contributed by atoms with Crippen LogP contribution in [0.1, 0.15) is 0 Å². The molecule has 1 unspecified atom stereocenters. The fourth-order valence-corrected chi connectivity index (χ4v) is 0. The molecule has 0 aliphatic rings. The molecule has 0 amide bonds. The third-order valence-electron chi connectivity index (χ3n) is 0. The highest BCUT2D eigenvalue weighted by atomic mass is 31.0. The van der Waals surface area contributed by atoms with Crippen LogP contribution in [-0.4, -0.2) is 17.7 Å². The van der Waals surface area contributed by atoms with E-state index in [1.807, 2.05) is 0 Å². The van der Waals surface area contributed by atoms with Crippen LogP contribution in [-0.2, 0) is 0 Å². The first kappa shape index (κ1) is 8.83. The molecule has 0 heterocycles. The molecule has 0 spiro atoms. The third kappa shape index (κ3) is 28.1. The molecule has 0 aliphatic carbocycles. The molecule has 0 bridgehead atoms. The zero-order valence-electron chi connectivity index (χ0n) is 2.31. The van der Waals surface area contributed by atoms with Gasteiger partial charge in [0.1, 0.15) is 0 Å². The Morgan fingerprint density at radius 2 is 1.25 bits per heavy atom. The van der Waals surface area contributed by atoms with Gasteiger partial charge in [0.15, 0.2) is 0 Å². The zero-order chi connectivity index (χ0) is 2.71. The summed E-state index contributed by atoms with van der Waals surface area (Å²) in [6.07, 6.45) is 0. The van der Waals surface area contributed by atoms with Gasteiger partial charge in [-0.25, -0.2) is 0 Å². The highest BCUT2D eigenvalue weighted by molar-refractivity contribution is 6.92. The molecule has 0 aromatic rings. The second kappa shape index (κ2) is 9.95. The van der Waals surface area contributed by atoms with Crippen molar-refractivity contribution in [2.24, 2.45) is 0 Å². The summed E-state index contributed by atoms with van der Waals surface area (Å²) in [5.74, 6) is 0. The van der Waals surface area contributed by atoms with Crippen LogP contribution in [0.2, 0.25) is 0 Å². The van der Waals surface area contributed by atoms with Gasteiger partial charge in [-0.05, 0) is 0 Å². The summed E-state index contributed by atoms with van der Waals surface area (Å²) < 4.78 is 0. The van der Waals surface area contributed by atoms with Gasteiger partial charge >= 0.3 is 7.69 Å². The number of hydrogen-bond acceptors (Lipinski definition) is 2. The van der Waals surface area contributed by atoms with Gasteiger partial charge in [-0.3, -0.25) is 0 Å². The molecular weight excluding hydrogens is 73.8 g/mol. The Morgan fingerprint density at radius 1 is 1.25 bits per heavy atom. The molecule has 1 atom stereocenters. The van der Waals surface area contributed by atoms with E-state index in [0.717, 1.165) is 0 Å². The van der Waals surface area contributed by atoms with E-state index in [4.69, 9.17) is 10.0 Å².